The summed E-state index contributed by atoms with van der Waals surface area (Å²) >= 11 is 2.02. The summed E-state index contributed by atoms with van der Waals surface area (Å²) < 4.78 is 0. The van der Waals surface area contributed by atoms with E-state index < -0.39 is 0 Å². The molecule has 3 heteroatoms. The lowest BCUT2D eigenvalue weighted by atomic mass is 9.96. The molecule has 16 heavy (non-hydrogen) atoms. The van der Waals surface area contributed by atoms with Crippen LogP contribution in [-0.2, 0) is 0 Å². The van der Waals surface area contributed by atoms with Crippen LogP contribution in [0.2, 0.25) is 0 Å². The molecule has 0 radical (unpaired) electrons. The number of rotatable bonds is 9. The van der Waals surface area contributed by atoms with E-state index in [4.69, 9.17) is 0 Å². The smallest absolute Gasteiger partial charge is 0.0624 e. The van der Waals surface area contributed by atoms with E-state index in [1.165, 1.54) is 44.3 Å². The quantitative estimate of drug-likeness (QED) is 0.610. The van der Waals surface area contributed by atoms with E-state index in [2.05, 4.69) is 12.2 Å². The maximum absolute atomic E-state index is 9.74. The fourth-order valence-corrected chi connectivity index (χ4v) is 3.68. The Morgan fingerprint density at radius 3 is 2.56 bits per heavy atom. The van der Waals surface area contributed by atoms with Crippen LogP contribution in [0, 0.1) is 5.92 Å². The molecule has 2 saturated carbocycles. The van der Waals surface area contributed by atoms with Gasteiger partial charge >= 0.3 is 0 Å². The highest BCUT2D eigenvalue weighted by Gasteiger charge is 2.46. The average Bonchev–Trinajstić information content (AvgIpc) is 3.15. The van der Waals surface area contributed by atoms with Crippen molar-refractivity contribution in [3.8, 4) is 0 Å². The van der Waals surface area contributed by atoms with Crippen molar-refractivity contribution in [2.75, 3.05) is 18.1 Å². The molecule has 0 amide bonds. The van der Waals surface area contributed by atoms with E-state index in [0.717, 1.165) is 11.7 Å². The minimum Gasteiger partial charge on any atom is -0.394 e. The summed E-state index contributed by atoms with van der Waals surface area (Å²) in [6.45, 7) is 2.57. The summed E-state index contributed by atoms with van der Waals surface area (Å²) in [5.41, 5.74) is 0.0551. The van der Waals surface area contributed by atoms with Gasteiger partial charge in [-0.2, -0.15) is 11.8 Å². The van der Waals surface area contributed by atoms with Crippen LogP contribution in [-0.4, -0.2) is 34.8 Å². The fraction of sp³-hybridized carbons (Fsp3) is 1.00. The second-order valence-corrected chi connectivity index (χ2v) is 6.52. The summed E-state index contributed by atoms with van der Waals surface area (Å²) in [4.78, 5) is 0. The Balaban J connectivity index is 1.79. The van der Waals surface area contributed by atoms with E-state index in [0.29, 0.717) is 12.6 Å². The molecule has 2 fully saturated rings. The molecule has 0 aliphatic heterocycles. The van der Waals surface area contributed by atoms with E-state index in [-0.39, 0.29) is 5.54 Å². The van der Waals surface area contributed by atoms with Gasteiger partial charge in [0.25, 0.3) is 0 Å². The first-order valence-corrected chi connectivity index (χ1v) is 7.92. The van der Waals surface area contributed by atoms with Crippen molar-refractivity contribution in [1.29, 1.82) is 0 Å². The van der Waals surface area contributed by atoms with Crippen molar-refractivity contribution < 1.29 is 5.11 Å². The molecule has 0 aromatic rings. The number of hydrogen-bond acceptors (Lipinski definition) is 3. The molecular formula is C13H25NOS. The third-order valence-electron chi connectivity index (χ3n) is 3.71. The Hall–Kier alpha value is 0.270. The van der Waals surface area contributed by atoms with Gasteiger partial charge in [0.2, 0.25) is 0 Å². The molecule has 0 heterocycles. The molecule has 1 unspecified atom stereocenters. The lowest BCUT2D eigenvalue weighted by Gasteiger charge is -2.33. The molecule has 0 saturated heterocycles. The van der Waals surface area contributed by atoms with Crippen molar-refractivity contribution in [2.24, 2.45) is 5.92 Å². The molecule has 2 rings (SSSR count). The first-order valence-electron chi connectivity index (χ1n) is 6.77. The molecule has 0 aromatic carbocycles. The Labute approximate surface area is 104 Å². The molecule has 94 valence electrons. The van der Waals surface area contributed by atoms with Crippen molar-refractivity contribution >= 4 is 11.8 Å². The molecule has 0 bridgehead atoms. The maximum Gasteiger partial charge on any atom is 0.0624 e. The number of nitrogens with one attached hydrogen (secondary N) is 1. The number of aliphatic hydroxyl groups excluding tert-OH is 1. The second kappa shape index (κ2) is 5.74. The summed E-state index contributed by atoms with van der Waals surface area (Å²) in [6, 6.07) is 0.708. The van der Waals surface area contributed by atoms with E-state index >= 15 is 0 Å². The van der Waals surface area contributed by atoms with Crippen LogP contribution < -0.4 is 5.32 Å². The first kappa shape index (κ1) is 12.7. The third-order valence-corrected chi connectivity index (χ3v) is 5.01. The maximum atomic E-state index is 9.74. The first-order chi connectivity index (χ1) is 7.80. The zero-order chi connectivity index (χ0) is 11.4. The van der Waals surface area contributed by atoms with Gasteiger partial charge in [0.1, 0.15) is 0 Å². The Bertz CT molecular complexity index is 216. The molecule has 0 aromatic heterocycles. The molecule has 2 N–H and O–H groups in total. The Morgan fingerprint density at radius 1 is 1.31 bits per heavy atom. The van der Waals surface area contributed by atoms with Crippen LogP contribution >= 0.6 is 11.8 Å². The molecule has 2 aliphatic carbocycles. The standard InChI is InChI=1S/C13H25NOS/c1-2-3-8-16-10-13(9-15,11-4-5-11)14-12-6-7-12/h11-12,14-15H,2-10H2,1H3. The predicted octanol–water partition coefficient (Wildman–Crippen LogP) is 2.41. The third kappa shape index (κ3) is 3.38. The van der Waals surface area contributed by atoms with Crippen molar-refractivity contribution in [3.05, 3.63) is 0 Å². The summed E-state index contributed by atoms with van der Waals surface area (Å²) in [5.74, 6) is 3.09. The Morgan fingerprint density at radius 2 is 2.06 bits per heavy atom. The van der Waals surface area contributed by atoms with Crippen LogP contribution in [0.1, 0.15) is 45.4 Å². The topological polar surface area (TPSA) is 32.3 Å². The summed E-state index contributed by atoms with van der Waals surface area (Å²) in [7, 11) is 0. The van der Waals surface area contributed by atoms with Gasteiger partial charge in [-0.25, -0.2) is 0 Å². The zero-order valence-electron chi connectivity index (χ0n) is 10.4. The van der Waals surface area contributed by atoms with Gasteiger partial charge in [-0.3, -0.25) is 0 Å². The van der Waals surface area contributed by atoms with Crippen molar-refractivity contribution in [2.45, 2.75) is 57.0 Å². The predicted molar refractivity (Wildman–Crippen MR) is 70.9 cm³/mol. The number of thioether (sulfide) groups is 1. The van der Waals surface area contributed by atoms with Gasteiger partial charge in [-0.15, -0.1) is 0 Å². The SMILES string of the molecule is CCCCSCC(CO)(NC1CC1)C1CC1. The highest BCUT2D eigenvalue weighted by Crippen LogP contribution is 2.43. The fourth-order valence-electron chi connectivity index (χ4n) is 2.27. The van der Waals surface area contributed by atoms with Crippen LogP contribution in [0.5, 0.6) is 0 Å². The van der Waals surface area contributed by atoms with E-state index in [1.54, 1.807) is 0 Å². The van der Waals surface area contributed by atoms with Gasteiger partial charge in [-0.05, 0) is 43.8 Å². The normalized spacial score (nSPS) is 24.4. The van der Waals surface area contributed by atoms with Gasteiger partial charge in [0.05, 0.1) is 12.1 Å². The van der Waals surface area contributed by atoms with Crippen molar-refractivity contribution in [1.82, 2.24) is 5.32 Å². The molecule has 2 nitrogen and oxygen atoms in total. The molecular weight excluding hydrogens is 218 g/mol. The van der Waals surface area contributed by atoms with Crippen LogP contribution in [0.3, 0.4) is 0 Å². The lowest BCUT2D eigenvalue weighted by molar-refractivity contribution is 0.157. The minimum absolute atomic E-state index is 0.0551. The van der Waals surface area contributed by atoms with E-state index in [1.807, 2.05) is 11.8 Å². The van der Waals surface area contributed by atoms with Gasteiger partial charge in [-0.1, -0.05) is 13.3 Å². The molecule has 1 atom stereocenters. The monoisotopic (exact) mass is 243 g/mol. The molecule has 0 spiro atoms. The largest absolute Gasteiger partial charge is 0.394 e. The van der Waals surface area contributed by atoms with E-state index in [9.17, 15) is 5.11 Å². The van der Waals surface area contributed by atoms with Crippen LogP contribution in [0.25, 0.3) is 0 Å². The zero-order valence-corrected chi connectivity index (χ0v) is 11.2. The number of unbranched alkanes of at least 4 members (excludes halogenated alkanes) is 1. The second-order valence-electron chi connectivity index (χ2n) is 5.41. The highest BCUT2D eigenvalue weighted by molar-refractivity contribution is 7.99. The number of aliphatic hydroxyl groups is 1. The van der Waals surface area contributed by atoms with Crippen molar-refractivity contribution in [3.63, 3.8) is 0 Å². The lowest BCUT2D eigenvalue weighted by Crippen LogP contribution is -2.54. The van der Waals surface area contributed by atoms with Crippen LogP contribution in [0.4, 0.5) is 0 Å². The summed E-state index contributed by atoms with van der Waals surface area (Å²) in [6.07, 6.45) is 7.84. The summed E-state index contributed by atoms with van der Waals surface area (Å²) in [5, 5.41) is 13.5. The highest BCUT2D eigenvalue weighted by atomic mass is 32.2. The minimum atomic E-state index is 0.0551. The average molecular weight is 243 g/mol. The van der Waals surface area contributed by atoms with Gasteiger partial charge in [0, 0.05) is 11.8 Å². The number of hydrogen-bond donors (Lipinski definition) is 2. The Kier molecular flexibility index (Phi) is 4.57. The van der Waals surface area contributed by atoms with Crippen LogP contribution in [0.15, 0.2) is 0 Å². The van der Waals surface area contributed by atoms with Gasteiger partial charge in [0.15, 0.2) is 0 Å². The van der Waals surface area contributed by atoms with Gasteiger partial charge < -0.3 is 10.4 Å². The molecule has 2 aliphatic rings.